The van der Waals surface area contributed by atoms with Gasteiger partial charge in [-0.2, -0.15) is 13.2 Å². The number of anilines is 1. The molecule has 0 spiro atoms. The summed E-state index contributed by atoms with van der Waals surface area (Å²) in [6.45, 7) is 6.07. The molecule has 0 radical (unpaired) electrons. The molecular formula is C13H21F3N4. The topological polar surface area (TPSA) is 41.0 Å². The van der Waals surface area contributed by atoms with Crippen LogP contribution in [0, 0.1) is 0 Å². The van der Waals surface area contributed by atoms with Crippen molar-refractivity contribution in [3.8, 4) is 0 Å². The molecule has 1 fully saturated rings. The van der Waals surface area contributed by atoms with Crippen LogP contribution in [-0.2, 0) is 5.41 Å². The van der Waals surface area contributed by atoms with Gasteiger partial charge >= 0.3 is 6.18 Å². The average Bonchev–Trinajstić information content (AvgIpc) is 2.23. The van der Waals surface area contributed by atoms with Gasteiger partial charge < -0.3 is 5.32 Å². The number of halogens is 3. The SMILES string of the molecule is CC(C)(C)c1cc(NC2CN(CC(F)(F)F)C2)ncn1.[HH]. The molecule has 1 N–H and O–H groups in total. The van der Waals surface area contributed by atoms with Gasteiger partial charge in [-0.3, -0.25) is 4.90 Å². The zero-order valence-corrected chi connectivity index (χ0v) is 11.8. The van der Waals surface area contributed by atoms with Crippen molar-refractivity contribution in [3.05, 3.63) is 18.1 Å². The Morgan fingerprint density at radius 1 is 1.30 bits per heavy atom. The van der Waals surface area contributed by atoms with E-state index in [4.69, 9.17) is 0 Å². The predicted molar refractivity (Wildman–Crippen MR) is 72.8 cm³/mol. The van der Waals surface area contributed by atoms with E-state index < -0.39 is 12.7 Å². The number of likely N-dealkylation sites (tertiary alicyclic amines) is 1. The van der Waals surface area contributed by atoms with Gasteiger partial charge in [-0.05, 0) is 0 Å². The van der Waals surface area contributed by atoms with Crippen molar-refractivity contribution >= 4 is 5.82 Å². The van der Waals surface area contributed by atoms with Crippen LogP contribution in [0.4, 0.5) is 19.0 Å². The van der Waals surface area contributed by atoms with E-state index in [1.54, 1.807) is 0 Å². The summed E-state index contributed by atoms with van der Waals surface area (Å²) >= 11 is 0. The van der Waals surface area contributed by atoms with Gasteiger partial charge in [0.1, 0.15) is 12.1 Å². The Labute approximate surface area is 117 Å². The van der Waals surface area contributed by atoms with Crippen molar-refractivity contribution in [2.24, 2.45) is 0 Å². The zero-order chi connectivity index (χ0) is 15.0. The Bertz CT molecular complexity index is 467. The molecule has 20 heavy (non-hydrogen) atoms. The maximum atomic E-state index is 12.2. The van der Waals surface area contributed by atoms with Crippen LogP contribution in [0.3, 0.4) is 0 Å². The van der Waals surface area contributed by atoms with Crippen LogP contribution in [0.2, 0.25) is 0 Å². The van der Waals surface area contributed by atoms with Gasteiger partial charge in [-0.1, -0.05) is 20.8 Å². The van der Waals surface area contributed by atoms with Crippen LogP contribution in [-0.4, -0.2) is 46.7 Å². The monoisotopic (exact) mass is 290 g/mol. The second-order valence-corrected chi connectivity index (χ2v) is 6.19. The van der Waals surface area contributed by atoms with Crippen molar-refractivity contribution in [1.29, 1.82) is 0 Å². The van der Waals surface area contributed by atoms with E-state index in [1.807, 2.05) is 26.8 Å². The van der Waals surface area contributed by atoms with E-state index in [0.29, 0.717) is 18.9 Å². The van der Waals surface area contributed by atoms with Crippen LogP contribution < -0.4 is 5.32 Å². The molecule has 0 unspecified atom stereocenters. The molecule has 1 aliphatic rings. The first-order valence-electron chi connectivity index (χ1n) is 6.52. The molecule has 0 aromatic carbocycles. The van der Waals surface area contributed by atoms with Crippen LogP contribution >= 0.6 is 0 Å². The molecule has 0 atom stereocenters. The lowest BCUT2D eigenvalue weighted by Crippen LogP contribution is -2.57. The lowest BCUT2D eigenvalue weighted by molar-refractivity contribution is -0.153. The summed E-state index contributed by atoms with van der Waals surface area (Å²) < 4.78 is 36.5. The molecule has 0 bridgehead atoms. The lowest BCUT2D eigenvalue weighted by atomic mass is 9.92. The third-order valence-electron chi connectivity index (χ3n) is 3.15. The summed E-state index contributed by atoms with van der Waals surface area (Å²) in [7, 11) is 0. The second-order valence-electron chi connectivity index (χ2n) is 6.19. The van der Waals surface area contributed by atoms with Gasteiger partial charge in [0.25, 0.3) is 0 Å². The van der Waals surface area contributed by atoms with E-state index in [-0.39, 0.29) is 12.9 Å². The molecule has 2 heterocycles. The maximum absolute atomic E-state index is 12.2. The van der Waals surface area contributed by atoms with E-state index in [0.717, 1.165) is 5.69 Å². The summed E-state index contributed by atoms with van der Waals surface area (Å²) in [5.41, 5.74) is 0.822. The molecule has 0 saturated carbocycles. The van der Waals surface area contributed by atoms with Gasteiger partial charge in [-0.25, -0.2) is 9.97 Å². The molecule has 1 aromatic heterocycles. The highest BCUT2D eigenvalue weighted by Crippen LogP contribution is 2.24. The third-order valence-corrected chi connectivity index (χ3v) is 3.15. The fraction of sp³-hybridized carbons (Fsp3) is 0.692. The Morgan fingerprint density at radius 3 is 2.50 bits per heavy atom. The first-order chi connectivity index (χ1) is 9.13. The Hall–Kier alpha value is -1.37. The first-order valence-corrected chi connectivity index (χ1v) is 6.52. The van der Waals surface area contributed by atoms with Crippen molar-refractivity contribution in [2.45, 2.75) is 38.4 Å². The molecule has 0 aliphatic carbocycles. The second kappa shape index (κ2) is 5.20. The van der Waals surface area contributed by atoms with Crippen LogP contribution in [0.25, 0.3) is 0 Å². The molecule has 1 aromatic rings. The number of rotatable bonds is 3. The smallest absolute Gasteiger partial charge is 0.365 e. The van der Waals surface area contributed by atoms with Crippen LogP contribution in [0.1, 0.15) is 27.9 Å². The summed E-state index contributed by atoms with van der Waals surface area (Å²) in [5.74, 6) is 0.668. The molecule has 114 valence electrons. The summed E-state index contributed by atoms with van der Waals surface area (Å²) in [6, 6.07) is 1.87. The first kappa shape index (κ1) is 15.0. The molecule has 1 aliphatic heterocycles. The standard InChI is InChI=1S/C13H19F3N4.H2/c1-12(2,3)10-4-11(18-8-17-10)19-9-5-20(6-9)7-13(14,15)16;/h4,8-9H,5-7H2,1-3H3,(H,17,18,19);1H. The Morgan fingerprint density at radius 2 is 1.95 bits per heavy atom. The third kappa shape index (κ3) is 4.06. The quantitative estimate of drug-likeness (QED) is 0.929. The van der Waals surface area contributed by atoms with Crippen LogP contribution in [0.5, 0.6) is 0 Å². The fourth-order valence-corrected chi connectivity index (χ4v) is 2.10. The molecule has 2 rings (SSSR count). The van der Waals surface area contributed by atoms with Crippen molar-refractivity contribution in [2.75, 3.05) is 25.0 Å². The fourth-order valence-electron chi connectivity index (χ4n) is 2.10. The predicted octanol–water partition coefficient (Wildman–Crippen LogP) is 2.68. The normalized spacial score (nSPS) is 17.9. The maximum Gasteiger partial charge on any atom is 0.401 e. The van der Waals surface area contributed by atoms with E-state index in [1.165, 1.54) is 11.2 Å². The average molecular weight is 290 g/mol. The molecule has 1 saturated heterocycles. The van der Waals surface area contributed by atoms with Crippen molar-refractivity contribution < 1.29 is 14.6 Å². The summed E-state index contributed by atoms with van der Waals surface area (Å²) in [4.78, 5) is 9.69. The van der Waals surface area contributed by atoms with Gasteiger partial charge in [0, 0.05) is 26.0 Å². The Kier molecular flexibility index (Phi) is 3.90. The van der Waals surface area contributed by atoms with E-state index in [2.05, 4.69) is 15.3 Å². The minimum absolute atomic E-state index is 0. The number of aromatic nitrogens is 2. The lowest BCUT2D eigenvalue weighted by Gasteiger charge is -2.40. The zero-order valence-electron chi connectivity index (χ0n) is 11.8. The number of hydrogen-bond donors (Lipinski definition) is 1. The minimum atomic E-state index is -4.13. The van der Waals surface area contributed by atoms with E-state index >= 15 is 0 Å². The largest absolute Gasteiger partial charge is 0.401 e. The van der Waals surface area contributed by atoms with Crippen LogP contribution in [0.15, 0.2) is 12.4 Å². The van der Waals surface area contributed by atoms with Gasteiger partial charge in [0.15, 0.2) is 0 Å². The highest BCUT2D eigenvalue weighted by atomic mass is 19.4. The molecule has 0 amide bonds. The van der Waals surface area contributed by atoms with Gasteiger partial charge in [0.2, 0.25) is 0 Å². The van der Waals surface area contributed by atoms with Gasteiger partial charge in [-0.15, -0.1) is 0 Å². The summed E-state index contributed by atoms with van der Waals surface area (Å²) in [6.07, 6.45) is -2.64. The molecule has 4 nitrogen and oxygen atoms in total. The minimum Gasteiger partial charge on any atom is -0.365 e. The number of nitrogens with zero attached hydrogens (tertiary/aromatic N) is 3. The highest BCUT2D eigenvalue weighted by molar-refractivity contribution is 5.38. The molecule has 7 heteroatoms. The van der Waals surface area contributed by atoms with Gasteiger partial charge in [0.05, 0.1) is 18.3 Å². The molecular weight excluding hydrogens is 269 g/mol. The van der Waals surface area contributed by atoms with Crippen molar-refractivity contribution in [3.63, 3.8) is 0 Å². The highest BCUT2D eigenvalue weighted by Gasteiger charge is 2.37. The number of nitrogens with one attached hydrogen (secondary N) is 1. The Balaban J connectivity index is 0.00000220. The number of hydrogen-bond acceptors (Lipinski definition) is 4. The van der Waals surface area contributed by atoms with Crippen molar-refractivity contribution in [1.82, 2.24) is 14.9 Å². The van der Waals surface area contributed by atoms with E-state index in [9.17, 15) is 13.2 Å². The number of alkyl halides is 3. The summed E-state index contributed by atoms with van der Waals surface area (Å²) in [5, 5.41) is 3.15.